The number of likely N-dealkylation sites (tertiary alicyclic amines) is 2. The molecule has 3 aliphatic rings. The second kappa shape index (κ2) is 8.95. The molecule has 156 valence electrons. The summed E-state index contributed by atoms with van der Waals surface area (Å²) in [4.78, 5) is 20.6. The fourth-order valence-corrected chi connectivity index (χ4v) is 4.99. The van der Waals surface area contributed by atoms with Gasteiger partial charge in [0.25, 0.3) is 0 Å². The highest BCUT2D eigenvalue weighted by Gasteiger charge is 2.35. The third-order valence-corrected chi connectivity index (χ3v) is 7.25. The van der Waals surface area contributed by atoms with E-state index >= 15 is 0 Å². The summed E-state index contributed by atoms with van der Waals surface area (Å²) >= 11 is 0. The van der Waals surface area contributed by atoms with Crippen LogP contribution < -0.4 is 0 Å². The Hall–Kier alpha value is -1.40. The summed E-state index contributed by atoms with van der Waals surface area (Å²) < 4.78 is 1.96. The zero-order chi connectivity index (χ0) is 19.5. The van der Waals surface area contributed by atoms with Crippen molar-refractivity contribution in [3.8, 4) is 0 Å². The molecule has 0 spiro atoms. The van der Waals surface area contributed by atoms with Crippen LogP contribution >= 0.6 is 0 Å². The maximum atomic E-state index is 13.2. The first-order valence-electron chi connectivity index (χ1n) is 11.3. The number of aromatic nitrogens is 2. The molecule has 2 saturated heterocycles. The van der Waals surface area contributed by atoms with E-state index in [-0.39, 0.29) is 0 Å². The molecule has 1 aromatic heterocycles. The van der Waals surface area contributed by atoms with Gasteiger partial charge in [-0.3, -0.25) is 14.4 Å². The van der Waals surface area contributed by atoms with E-state index in [4.69, 9.17) is 0 Å². The summed E-state index contributed by atoms with van der Waals surface area (Å²) in [7, 11) is 2.01. The summed E-state index contributed by atoms with van der Waals surface area (Å²) in [6, 6.07) is 0.376. The van der Waals surface area contributed by atoms with Crippen molar-refractivity contribution in [1.29, 1.82) is 0 Å². The van der Waals surface area contributed by atoms with Gasteiger partial charge in [-0.2, -0.15) is 5.10 Å². The van der Waals surface area contributed by atoms with Gasteiger partial charge in [0, 0.05) is 56.4 Å². The van der Waals surface area contributed by atoms with E-state index in [0.717, 1.165) is 52.0 Å². The molecule has 4 rings (SSSR count). The lowest BCUT2D eigenvalue weighted by Crippen LogP contribution is -2.54. The number of hydrogen-bond donors (Lipinski definition) is 0. The molecule has 3 fully saturated rings. The van der Waals surface area contributed by atoms with Crippen molar-refractivity contribution in [2.75, 3.05) is 39.3 Å². The van der Waals surface area contributed by atoms with Crippen molar-refractivity contribution in [1.82, 2.24) is 24.5 Å². The zero-order valence-corrected chi connectivity index (χ0v) is 17.8. The summed E-state index contributed by atoms with van der Waals surface area (Å²) in [5.74, 6) is 0.740. The number of hydrogen-bond acceptors (Lipinski definition) is 4. The smallest absolute Gasteiger partial charge is 0.226 e. The van der Waals surface area contributed by atoms with Gasteiger partial charge >= 0.3 is 0 Å². The average Bonchev–Trinajstić information content (AvgIpc) is 3.27. The fourth-order valence-electron chi connectivity index (χ4n) is 4.99. The molecule has 1 amide bonds. The van der Waals surface area contributed by atoms with Gasteiger partial charge in [-0.1, -0.05) is 6.42 Å². The number of carbonyl (C=O) groups excluding carboxylic acids is 1. The Kier molecular flexibility index (Phi) is 6.36. The molecule has 1 saturated carbocycles. The SMILES string of the molecule is Cc1c(CN2CCC[C@H](N(CCN3CCCC3)C(=O)C3CCC3)C2)cnn1C. The topological polar surface area (TPSA) is 44.6 Å². The molecule has 6 heteroatoms. The largest absolute Gasteiger partial charge is 0.337 e. The van der Waals surface area contributed by atoms with Crippen LogP contribution in [0, 0.1) is 12.8 Å². The fraction of sp³-hybridized carbons (Fsp3) is 0.818. The molecule has 1 aliphatic carbocycles. The zero-order valence-electron chi connectivity index (χ0n) is 17.8. The van der Waals surface area contributed by atoms with Crippen LogP contribution in [0.3, 0.4) is 0 Å². The number of rotatable bonds is 7. The lowest BCUT2D eigenvalue weighted by molar-refractivity contribution is -0.142. The normalized spacial score (nSPS) is 24.4. The van der Waals surface area contributed by atoms with Gasteiger partial charge in [-0.05, 0) is 65.1 Å². The van der Waals surface area contributed by atoms with Crippen LogP contribution in [-0.2, 0) is 18.4 Å². The van der Waals surface area contributed by atoms with E-state index in [0.29, 0.717) is 17.9 Å². The van der Waals surface area contributed by atoms with Crippen molar-refractivity contribution < 1.29 is 4.79 Å². The van der Waals surface area contributed by atoms with Gasteiger partial charge in [-0.15, -0.1) is 0 Å². The molecule has 0 radical (unpaired) electrons. The van der Waals surface area contributed by atoms with Crippen LogP contribution in [0.25, 0.3) is 0 Å². The molecular weight excluding hydrogens is 350 g/mol. The molecule has 3 heterocycles. The molecule has 6 nitrogen and oxygen atoms in total. The molecule has 1 aromatic rings. The summed E-state index contributed by atoms with van der Waals surface area (Å²) in [6.45, 7) is 9.62. The summed E-state index contributed by atoms with van der Waals surface area (Å²) in [6.07, 6.45) is 10.4. The van der Waals surface area contributed by atoms with Gasteiger partial charge in [0.15, 0.2) is 0 Å². The van der Waals surface area contributed by atoms with Gasteiger partial charge in [0.2, 0.25) is 5.91 Å². The number of nitrogens with zero attached hydrogens (tertiary/aromatic N) is 5. The van der Waals surface area contributed by atoms with Crippen molar-refractivity contribution in [2.24, 2.45) is 13.0 Å². The first kappa shape index (κ1) is 19.9. The third-order valence-electron chi connectivity index (χ3n) is 7.25. The van der Waals surface area contributed by atoms with Gasteiger partial charge < -0.3 is 9.80 Å². The number of aryl methyl sites for hydroxylation is 1. The molecule has 0 aromatic carbocycles. The van der Waals surface area contributed by atoms with Crippen molar-refractivity contribution in [2.45, 2.75) is 64.5 Å². The van der Waals surface area contributed by atoms with E-state index in [9.17, 15) is 4.79 Å². The van der Waals surface area contributed by atoms with Crippen molar-refractivity contribution in [3.05, 3.63) is 17.5 Å². The Morgan fingerprint density at radius 3 is 2.50 bits per heavy atom. The highest BCUT2D eigenvalue weighted by molar-refractivity contribution is 5.80. The minimum atomic E-state index is 0.300. The molecule has 0 bridgehead atoms. The van der Waals surface area contributed by atoms with Crippen LogP contribution in [0.4, 0.5) is 0 Å². The molecule has 2 aliphatic heterocycles. The maximum Gasteiger partial charge on any atom is 0.226 e. The number of amides is 1. The third kappa shape index (κ3) is 4.43. The lowest BCUT2D eigenvalue weighted by Gasteiger charge is -2.42. The number of carbonyl (C=O) groups is 1. The van der Waals surface area contributed by atoms with E-state index in [1.54, 1.807) is 0 Å². The van der Waals surface area contributed by atoms with E-state index in [1.807, 2.05) is 17.9 Å². The first-order valence-corrected chi connectivity index (χ1v) is 11.3. The van der Waals surface area contributed by atoms with Crippen LogP contribution in [0.15, 0.2) is 6.20 Å². The van der Waals surface area contributed by atoms with Crippen LogP contribution in [0.5, 0.6) is 0 Å². The van der Waals surface area contributed by atoms with Crippen LogP contribution in [0.1, 0.15) is 56.2 Å². The van der Waals surface area contributed by atoms with Gasteiger partial charge in [0.1, 0.15) is 0 Å². The van der Waals surface area contributed by atoms with E-state index < -0.39 is 0 Å². The highest BCUT2D eigenvalue weighted by atomic mass is 16.2. The van der Waals surface area contributed by atoms with Crippen molar-refractivity contribution >= 4 is 5.91 Å². The highest BCUT2D eigenvalue weighted by Crippen LogP contribution is 2.30. The standard InChI is InChI=1S/C22H37N5O/c1-18-20(15-23-24(18)2)16-26-12-6-9-21(17-26)27(22(28)19-7-5-8-19)14-13-25-10-3-4-11-25/h15,19,21H,3-14,16-17H2,1-2H3/t21-/m0/s1. The molecule has 0 N–H and O–H groups in total. The molecular formula is C22H37N5O. The summed E-state index contributed by atoms with van der Waals surface area (Å²) in [5.41, 5.74) is 2.57. The Labute approximate surface area is 169 Å². The Morgan fingerprint density at radius 1 is 1.11 bits per heavy atom. The predicted octanol–water partition coefficient (Wildman–Crippen LogP) is 2.42. The number of piperidine rings is 1. The minimum absolute atomic E-state index is 0.300. The molecule has 1 atom stereocenters. The summed E-state index contributed by atoms with van der Waals surface area (Å²) in [5, 5.41) is 4.40. The van der Waals surface area contributed by atoms with E-state index in [2.05, 4.69) is 26.7 Å². The predicted molar refractivity (Wildman–Crippen MR) is 111 cm³/mol. The first-order chi connectivity index (χ1) is 13.6. The quantitative estimate of drug-likeness (QED) is 0.721. The Morgan fingerprint density at radius 2 is 1.86 bits per heavy atom. The maximum absolute atomic E-state index is 13.2. The monoisotopic (exact) mass is 387 g/mol. The molecule has 0 unspecified atom stereocenters. The Balaban J connectivity index is 1.40. The van der Waals surface area contributed by atoms with Crippen LogP contribution in [-0.4, -0.2) is 75.7 Å². The second-order valence-corrected chi connectivity index (χ2v) is 9.12. The van der Waals surface area contributed by atoms with Crippen LogP contribution in [0.2, 0.25) is 0 Å². The second-order valence-electron chi connectivity index (χ2n) is 9.12. The molecule has 28 heavy (non-hydrogen) atoms. The van der Waals surface area contributed by atoms with Gasteiger partial charge in [0.05, 0.1) is 6.20 Å². The Bertz CT molecular complexity index is 662. The lowest BCUT2D eigenvalue weighted by atomic mass is 9.83. The van der Waals surface area contributed by atoms with Crippen molar-refractivity contribution in [3.63, 3.8) is 0 Å². The minimum Gasteiger partial charge on any atom is -0.337 e. The average molecular weight is 388 g/mol. The van der Waals surface area contributed by atoms with E-state index in [1.165, 1.54) is 50.0 Å². The van der Waals surface area contributed by atoms with Gasteiger partial charge in [-0.25, -0.2) is 0 Å².